The van der Waals surface area contributed by atoms with Gasteiger partial charge >= 0.3 is 12.0 Å². The molecule has 112 valence electrons. The summed E-state index contributed by atoms with van der Waals surface area (Å²) < 4.78 is 1.02. The second-order valence-electron chi connectivity index (χ2n) is 4.75. The van der Waals surface area contributed by atoms with Crippen LogP contribution < -0.4 is 10.6 Å². The van der Waals surface area contributed by atoms with Gasteiger partial charge in [-0.05, 0) is 25.0 Å². The number of carboxylic acid groups (broad SMARTS) is 1. The molecule has 1 aromatic carbocycles. The monoisotopic (exact) mass is 307 g/mol. The fourth-order valence-corrected chi connectivity index (χ4v) is 2.66. The van der Waals surface area contributed by atoms with E-state index in [1.165, 1.54) is 11.3 Å². The summed E-state index contributed by atoms with van der Waals surface area (Å²) in [6.45, 7) is 2.10. The molecule has 2 rings (SSSR count). The maximum absolute atomic E-state index is 11.7. The number of hydrogen-bond acceptors (Lipinski definition) is 4. The minimum absolute atomic E-state index is 0.322. The van der Waals surface area contributed by atoms with Gasteiger partial charge in [-0.1, -0.05) is 30.4 Å². The minimum Gasteiger partial charge on any atom is -0.481 e. The first-order chi connectivity index (χ1) is 10.1. The summed E-state index contributed by atoms with van der Waals surface area (Å²) in [5.74, 6) is -1.20. The minimum atomic E-state index is -0.811. The molecule has 0 radical (unpaired) electrons. The van der Waals surface area contributed by atoms with Gasteiger partial charge in [0.2, 0.25) is 0 Å². The molecule has 0 aliphatic heterocycles. The number of aromatic nitrogens is 1. The summed E-state index contributed by atoms with van der Waals surface area (Å²) in [6.07, 6.45) is 1.16. The number of fused-ring (bicyclic) bond motifs is 1. The molecule has 1 heterocycles. The number of anilines is 1. The number of aliphatic carboxylic acids is 1. The van der Waals surface area contributed by atoms with Crippen LogP contribution >= 0.6 is 11.3 Å². The first kappa shape index (κ1) is 15.2. The highest BCUT2D eigenvalue weighted by molar-refractivity contribution is 7.22. The molecule has 2 amide bonds. The van der Waals surface area contributed by atoms with Crippen molar-refractivity contribution in [3.05, 3.63) is 24.3 Å². The van der Waals surface area contributed by atoms with Crippen molar-refractivity contribution >= 4 is 38.7 Å². The van der Waals surface area contributed by atoms with Crippen molar-refractivity contribution in [2.24, 2.45) is 5.92 Å². The molecule has 0 saturated carbocycles. The Balaban J connectivity index is 1.75. The van der Waals surface area contributed by atoms with E-state index in [0.717, 1.165) is 10.2 Å². The van der Waals surface area contributed by atoms with Crippen LogP contribution in [-0.2, 0) is 4.79 Å². The second-order valence-corrected chi connectivity index (χ2v) is 5.78. The lowest BCUT2D eigenvalue weighted by molar-refractivity contribution is -0.141. The highest BCUT2D eigenvalue weighted by atomic mass is 32.1. The standard InChI is InChI=1S/C14H17N3O3S/c1-9(12(18)19)5-4-8-15-13(20)17-14-16-10-6-2-3-7-11(10)21-14/h2-3,6-7,9H,4-5,8H2,1H3,(H,18,19)(H2,15,16,17,20). The molecule has 1 atom stereocenters. The molecular formula is C14H17N3O3S. The van der Waals surface area contributed by atoms with E-state index in [0.29, 0.717) is 24.5 Å². The third-order valence-corrected chi connectivity index (χ3v) is 3.99. The maximum Gasteiger partial charge on any atom is 0.321 e. The Kier molecular flexibility index (Phi) is 5.10. The fourth-order valence-electron chi connectivity index (χ4n) is 1.80. The fraction of sp³-hybridized carbons (Fsp3) is 0.357. The number of rotatable bonds is 6. The number of carbonyl (C=O) groups is 2. The topological polar surface area (TPSA) is 91.3 Å². The van der Waals surface area contributed by atoms with E-state index < -0.39 is 5.97 Å². The van der Waals surface area contributed by atoms with E-state index in [9.17, 15) is 9.59 Å². The number of carboxylic acids is 1. The Bertz CT molecular complexity index is 608. The highest BCUT2D eigenvalue weighted by Crippen LogP contribution is 2.25. The molecule has 0 spiro atoms. The van der Waals surface area contributed by atoms with Crippen LogP contribution in [-0.4, -0.2) is 28.6 Å². The van der Waals surface area contributed by atoms with Crippen LogP contribution in [0.3, 0.4) is 0 Å². The summed E-state index contributed by atoms with van der Waals surface area (Å²) >= 11 is 1.41. The van der Waals surface area contributed by atoms with Crippen LogP contribution in [0.15, 0.2) is 24.3 Å². The zero-order valence-electron chi connectivity index (χ0n) is 11.6. The Hall–Kier alpha value is -2.15. The Morgan fingerprint density at radius 2 is 2.14 bits per heavy atom. The first-order valence-corrected chi connectivity index (χ1v) is 7.51. The lowest BCUT2D eigenvalue weighted by Gasteiger charge is -2.07. The van der Waals surface area contributed by atoms with E-state index in [1.54, 1.807) is 6.92 Å². The number of amides is 2. The van der Waals surface area contributed by atoms with Gasteiger partial charge in [0.05, 0.1) is 16.1 Å². The molecule has 0 bridgehead atoms. The number of urea groups is 1. The Morgan fingerprint density at radius 1 is 1.38 bits per heavy atom. The number of carbonyl (C=O) groups excluding carboxylic acids is 1. The predicted molar refractivity (Wildman–Crippen MR) is 82.7 cm³/mol. The molecule has 3 N–H and O–H groups in total. The van der Waals surface area contributed by atoms with Gasteiger partial charge in [0.15, 0.2) is 5.13 Å². The average molecular weight is 307 g/mol. The molecule has 0 fully saturated rings. The third kappa shape index (κ3) is 4.42. The van der Waals surface area contributed by atoms with Crippen LogP contribution in [0.4, 0.5) is 9.93 Å². The zero-order chi connectivity index (χ0) is 15.2. The summed E-state index contributed by atoms with van der Waals surface area (Å²) in [5.41, 5.74) is 0.855. The van der Waals surface area contributed by atoms with E-state index >= 15 is 0 Å². The average Bonchev–Trinajstić information content (AvgIpc) is 2.85. The molecule has 0 aliphatic rings. The highest BCUT2D eigenvalue weighted by Gasteiger charge is 2.10. The number of hydrogen-bond donors (Lipinski definition) is 3. The van der Waals surface area contributed by atoms with Gasteiger partial charge in [0, 0.05) is 6.54 Å². The van der Waals surface area contributed by atoms with Crippen molar-refractivity contribution in [1.82, 2.24) is 10.3 Å². The number of nitrogens with zero attached hydrogens (tertiary/aromatic N) is 1. The molecule has 7 heteroatoms. The van der Waals surface area contributed by atoms with E-state index in [2.05, 4.69) is 15.6 Å². The van der Waals surface area contributed by atoms with Crippen molar-refractivity contribution in [3.63, 3.8) is 0 Å². The van der Waals surface area contributed by atoms with Crippen molar-refractivity contribution < 1.29 is 14.7 Å². The molecule has 0 saturated heterocycles. The van der Waals surface area contributed by atoms with Crippen LogP contribution in [0.1, 0.15) is 19.8 Å². The number of nitrogens with one attached hydrogen (secondary N) is 2. The zero-order valence-corrected chi connectivity index (χ0v) is 12.4. The Labute approximate surface area is 126 Å². The van der Waals surface area contributed by atoms with Crippen LogP contribution in [0, 0.1) is 5.92 Å². The Morgan fingerprint density at radius 3 is 2.86 bits per heavy atom. The van der Waals surface area contributed by atoms with Gasteiger partial charge in [0.25, 0.3) is 0 Å². The molecule has 21 heavy (non-hydrogen) atoms. The van der Waals surface area contributed by atoms with Gasteiger partial charge in [0.1, 0.15) is 0 Å². The van der Waals surface area contributed by atoms with E-state index in [-0.39, 0.29) is 11.9 Å². The first-order valence-electron chi connectivity index (χ1n) is 6.69. The van der Waals surface area contributed by atoms with Gasteiger partial charge in [-0.25, -0.2) is 9.78 Å². The van der Waals surface area contributed by atoms with E-state index in [1.807, 2.05) is 24.3 Å². The van der Waals surface area contributed by atoms with Gasteiger partial charge < -0.3 is 10.4 Å². The normalized spacial score (nSPS) is 12.0. The predicted octanol–water partition coefficient (Wildman–Crippen LogP) is 2.92. The van der Waals surface area contributed by atoms with Gasteiger partial charge in [-0.3, -0.25) is 10.1 Å². The molecule has 1 aromatic heterocycles. The number of benzene rings is 1. The number of thiazole rings is 1. The van der Waals surface area contributed by atoms with Gasteiger partial charge in [-0.15, -0.1) is 0 Å². The van der Waals surface area contributed by atoms with Crippen LogP contribution in [0.5, 0.6) is 0 Å². The quantitative estimate of drug-likeness (QED) is 0.716. The molecule has 6 nitrogen and oxygen atoms in total. The summed E-state index contributed by atoms with van der Waals surface area (Å²) in [5, 5.41) is 14.7. The largest absolute Gasteiger partial charge is 0.481 e. The van der Waals surface area contributed by atoms with Gasteiger partial charge in [-0.2, -0.15) is 0 Å². The smallest absolute Gasteiger partial charge is 0.321 e. The van der Waals surface area contributed by atoms with Crippen LogP contribution in [0.2, 0.25) is 0 Å². The summed E-state index contributed by atoms with van der Waals surface area (Å²) in [7, 11) is 0. The lowest BCUT2D eigenvalue weighted by Crippen LogP contribution is -2.29. The van der Waals surface area contributed by atoms with Crippen molar-refractivity contribution in [1.29, 1.82) is 0 Å². The molecule has 0 aliphatic carbocycles. The SMILES string of the molecule is CC(CCCNC(=O)Nc1nc2ccccc2s1)C(=O)O. The molecular weight excluding hydrogens is 290 g/mol. The van der Waals surface area contributed by atoms with Crippen LogP contribution in [0.25, 0.3) is 10.2 Å². The van der Waals surface area contributed by atoms with Crippen molar-refractivity contribution in [2.45, 2.75) is 19.8 Å². The number of para-hydroxylation sites is 1. The van der Waals surface area contributed by atoms with Crippen molar-refractivity contribution in [2.75, 3.05) is 11.9 Å². The summed E-state index contributed by atoms with van der Waals surface area (Å²) in [6, 6.07) is 7.34. The van der Waals surface area contributed by atoms with Crippen molar-refractivity contribution in [3.8, 4) is 0 Å². The van der Waals surface area contributed by atoms with E-state index in [4.69, 9.17) is 5.11 Å². The summed E-state index contributed by atoms with van der Waals surface area (Å²) in [4.78, 5) is 26.6. The lowest BCUT2D eigenvalue weighted by atomic mass is 10.1. The molecule has 2 aromatic rings. The third-order valence-electron chi connectivity index (χ3n) is 3.04. The second kappa shape index (κ2) is 7.03. The molecule has 1 unspecified atom stereocenters. The maximum atomic E-state index is 11.7.